The Kier molecular flexibility index (Phi) is 5.86. The number of carboxylic acid groups (broad SMARTS) is 1. The van der Waals surface area contributed by atoms with Crippen LogP contribution in [0, 0.1) is 0 Å². The lowest BCUT2D eigenvalue weighted by molar-refractivity contribution is -0.136. The zero-order valence-electron chi connectivity index (χ0n) is 14.5. The van der Waals surface area contributed by atoms with E-state index in [0.29, 0.717) is 18.7 Å². The maximum absolute atomic E-state index is 11.9. The van der Waals surface area contributed by atoms with Gasteiger partial charge in [-0.05, 0) is 47.4 Å². The van der Waals surface area contributed by atoms with Gasteiger partial charge in [0.1, 0.15) is 0 Å². The Morgan fingerprint density at radius 1 is 1.12 bits per heavy atom. The third-order valence-corrected chi connectivity index (χ3v) is 4.38. The molecule has 0 saturated carbocycles. The van der Waals surface area contributed by atoms with E-state index in [1.807, 2.05) is 12.1 Å². The van der Waals surface area contributed by atoms with Crippen LogP contribution in [0.4, 0.5) is 5.69 Å². The quantitative estimate of drug-likeness (QED) is 0.711. The smallest absolute Gasteiger partial charge is 0.305 e. The molecule has 136 valence electrons. The normalized spacial score (nSPS) is 12.9. The predicted molar refractivity (Wildman–Crippen MR) is 98.2 cm³/mol. The summed E-state index contributed by atoms with van der Waals surface area (Å²) in [4.78, 5) is 22.4. The van der Waals surface area contributed by atoms with Crippen molar-refractivity contribution in [2.45, 2.75) is 26.0 Å². The van der Waals surface area contributed by atoms with Crippen molar-refractivity contribution in [3.8, 4) is 0 Å². The highest BCUT2D eigenvalue weighted by atomic mass is 16.5. The number of carbonyl (C=O) groups excluding carboxylic acids is 1. The highest BCUT2D eigenvalue weighted by Gasteiger charge is 2.13. The summed E-state index contributed by atoms with van der Waals surface area (Å²) in [6.45, 7) is 2.27. The number of anilines is 1. The summed E-state index contributed by atoms with van der Waals surface area (Å²) in [5.41, 5.74) is 5.32. The van der Waals surface area contributed by atoms with Crippen molar-refractivity contribution in [3.05, 3.63) is 64.7 Å². The Hall–Kier alpha value is -2.86. The fourth-order valence-corrected chi connectivity index (χ4v) is 2.99. The number of aliphatic carboxylic acids is 1. The molecule has 1 heterocycles. The van der Waals surface area contributed by atoms with Crippen molar-refractivity contribution in [1.82, 2.24) is 5.32 Å². The van der Waals surface area contributed by atoms with Crippen LogP contribution in [0.5, 0.6) is 0 Å². The Labute approximate surface area is 152 Å². The molecule has 1 aliphatic rings. The van der Waals surface area contributed by atoms with Gasteiger partial charge in [-0.25, -0.2) is 0 Å². The number of ether oxygens (including phenoxy) is 1. The maximum Gasteiger partial charge on any atom is 0.305 e. The van der Waals surface area contributed by atoms with E-state index >= 15 is 0 Å². The lowest BCUT2D eigenvalue weighted by Crippen LogP contribution is -2.25. The highest BCUT2D eigenvalue weighted by Crippen LogP contribution is 2.22. The lowest BCUT2D eigenvalue weighted by Gasteiger charge is -2.20. The third-order valence-electron chi connectivity index (χ3n) is 4.38. The monoisotopic (exact) mass is 354 g/mol. The minimum atomic E-state index is -0.931. The number of rotatable bonds is 7. The van der Waals surface area contributed by atoms with Crippen LogP contribution in [0.1, 0.15) is 33.5 Å². The summed E-state index contributed by atoms with van der Waals surface area (Å²) < 4.78 is 5.50. The first-order chi connectivity index (χ1) is 12.6. The molecule has 3 rings (SSSR count). The van der Waals surface area contributed by atoms with Gasteiger partial charge in [0.05, 0.1) is 19.6 Å². The Morgan fingerprint density at radius 2 is 1.92 bits per heavy atom. The first kappa shape index (κ1) is 17.9. The number of fused-ring (bicyclic) bond motifs is 1. The second-order valence-electron chi connectivity index (χ2n) is 6.19. The largest absolute Gasteiger partial charge is 0.481 e. The summed E-state index contributed by atoms with van der Waals surface area (Å²) >= 11 is 0. The van der Waals surface area contributed by atoms with E-state index in [9.17, 15) is 9.59 Å². The molecule has 0 fully saturated rings. The number of carboxylic acids is 1. The zero-order chi connectivity index (χ0) is 18.4. The molecule has 0 aliphatic carbocycles. The van der Waals surface area contributed by atoms with Crippen LogP contribution in [-0.4, -0.2) is 30.1 Å². The van der Waals surface area contributed by atoms with Crippen molar-refractivity contribution < 1.29 is 19.4 Å². The number of hydrogen-bond donors (Lipinski definition) is 3. The standard InChI is InChI=1S/C20H22N2O4/c23-19(24)8-10-21-20(25)14-4-6-17(7-5-14)22-12-15-2-1-3-16-13-26-11-9-18(15)16/h1-7,22H,8-13H2,(H,21,25)(H,23,24). The van der Waals surface area contributed by atoms with Gasteiger partial charge in [0.15, 0.2) is 0 Å². The fourth-order valence-electron chi connectivity index (χ4n) is 2.99. The number of nitrogens with one attached hydrogen (secondary N) is 2. The Bertz CT molecular complexity index is 787. The third kappa shape index (κ3) is 4.61. The van der Waals surface area contributed by atoms with Gasteiger partial charge in [0.2, 0.25) is 0 Å². The molecule has 0 radical (unpaired) electrons. The van der Waals surface area contributed by atoms with Crippen molar-refractivity contribution in [2.75, 3.05) is 18.5 Å². The number of hydrogen-bond acceptors (Lipinski definition) is 4. The first-order valence-electron chi connectivity index (χ1n) is 8.65. The van der Waals surface area contributed by atoms with Crippen LogP contribution in [-0.2, 0) is 29.1 Å². The average molecular weight is 354 g/mol. The van der Waals surface area contributed by atoms with Gasteiger partial charge < -0.3 is 20.5 Å². The molecule has 1 aliphatic heterocycles. The van der Waals surface area contributed by atoms with Crippen molar-refractivity contribution in [3.63, 3.8) is 0 Å². The van der Waals surface area contributed by atoms with Gasteiger partial charge in [-0.3, -0.25) is 9.59 Å². The zero-order valence-corrected chi connectivity index (χ0v) is 14.5. The SMILES string of the molecule is O=C(O)CCNC(=O)c1ccc(NCc2cccc3c2CCOC3)cc1. The molecule has 0 atom stereocenters. The second-order valence-corrected chi connectivity index (χ2v) is 6.19. The molecule has 26 heavy (non-hydrogen) atoms. The highest BCUT2D eigenvalue weighted by molar-refractivity contribution is 5.94. The van der Waals surface area contributed by atoms with E-state index in [-0.39, 0.29) is 18.9 Å². The molecule has 0 saturated heterocycles. The van der Waals surface area contributed by atoms with Gasteiger partial charge in [0.25, 0.3) is 5.91 Å². The summed E-state index contributed by atoms with van der Waals surface area (Å²) in [6, 6.07) is 13.4. The minimum Gasteiger partial charge on any atom is -0.481 e. The van der Waals surface area contributed by atoms with E-state index < -0.39 is 5.97 Å². The molecule has 1 amide bonds. The molecular formula is C20H22N2O4. The van der Waals surface area contributed by atoms with E-state index in [0.717, 1.165) is 18.7 Å². The minimum absolute atomic E-state index is 0.0855. The van der Waals surface area contributed by atoms with E-state index in [1.54, 1.807) is 12.1 Å². The molecule has 2 aromatic rings. The summed E-state index contributed by atoms with van der Waals surface area (Å²) in [5, 5.41) is 14.6. The number of carbonyl (C=O) groups is 2. The maximum atomic E-state index is 11.9. The first-order valence-corrected chi connectivity index (χ1v) is 8.65. The van der Waals surface area contributed by atoms with E-state index in [4.69, 9.17) is 9.84 Å². The van der Waals surface area contributed by atoms with Gasteiger partial charge >= 0.3 is 5.97 Å². The molecule has 3 N–H and O–H groups in total. The van der Waals surface area contributed by atoms with Gasteiger partial charge in [-0.1, -0.05) is 18.2 Å². The van der Waals surface area contributed by atoms with Crippen LogP contribution < -0.4 is 10.6 Å². The number of benzene rings is 2. The Morgan fingerprint density at radius 3 is 2.69 bits per heavy atom. The summed E-state index contributed by atoms with van der Waals surface area (Å²) in [7, 11) is 0. The Balaban J connectivity index is 1.56. The summed E-state index contributed by atoms with van der Waals surface area (Å²) in [5.74, 6) is -1.20. The fraction of sp³-hybridized carbons (Fsp3) is 0.300. The van der Waals surface area contributed by atoms with Crippen LogP contribution in [0.15, 0.2) is 42.5 Å². The molecular weight excluding hydrogens is 332 g/mol. The molecule has 2 aromatic carbocycles. The molecule has 0 bridgehead atoms. The van der Waals surface area contributed by atoms with E-state index in [2.05, 4.69) is 28.8 Å². The molecule has 0 spiro atoms. The van der Waals surface area contributed by atoms with Gasteiger partial charge in [0, 0.05) is 24.3 Å². The van der Waals surface area contributed by atoms with Crippen molar-refractivity contribution in [1.29, 1.82) is 0 Å². The van der Waals surface area contributed by atoms with Crippen molar-refractivity contribution in [2.24, 2.45) is 0 Å². The van der Waals surface area contributed by atoms with Crippen LogP contribution in [0.2, 0.25) is 0 Å². The molecule has 0 aromatic heterocycles. The topological polar surface area (TPSA) is 87.7 Å². The summed E-state index contributed by atoms with van der Waals surface area (Å²) in [6.07, 6.45) is 0.848. The molecule has 0 unspecified atom stereocenters. The average Bonchev–Trinajstić information content (AvgIpc) is 2.66. The van der Waals surface area contributed by atoms with Crippen LogP contribution in [0.3, 0.4) is 0 Å². The van der Waals surface area contributed by atoms with Crippen LogP contribution >= 0.6 is 0 Å². The number of amides is 1. The van der Waals surface area contributed by atoms with E-state index in [1.165, 1.54) is 16.7 Å². The van der Waals surface area contributed by atoms with Crippen molar-refractivity contribution >= 4 is 17.6 Å². The second kappa shape index (κ2) is 8.49. The molecule has 6 heteroatoms. The predicted octanol–water partition coefficient (Wildman–Crippen LogP) is 2.58. The van der Waals surface area contributed by atoms with Gasteiger partial charge in [-0.15, -0.1) is 0 Å². The lowest BCUT2D eigenvalue weighted by atomic mass is 9.97. The van der Waals surface area contributed by atoms with Crippen LogP contribution in [0.25, 0.3) is 0 Å². The van der Waals surface area contributed by atoms with Gasteiger partial charge in [-0.2, -0.15) is 0 Å². The molecule has 6 nitrogen and oxygen atoms in total.